The first-order valence-electron chi connectivity index (χ1n) is 6.97. The third-order valence-electron chi connectivity index (χ3n) is 3.22. The number of benzene rings is 2. The summed E-state index contributed by atoms with van der Waals surface area (Å²) in [7, 11) is 0. The SMILES string of the molecule is CC(NCc1cccc(CO)c1)C(=O)Nc1ccccc1. The van der Waals surface area contributed by atoms with Crippen LogP contribution in [0.15, 0.2) is 54.6 Å². The highest BCUT2D eigenvalue weighted by Crippen LogP contribution is 2.07. The normalized spacial score (nSPS) is 11.9. The topological polar surface area (TPSA) is 61.4 Å². The van der Waals surface area contributed by atoms with Gasteiger partial charge in [-0.15, -0.1) is 0 Å². The van der Waals surface area contributed by atoms with Crippen molar-refractivity contribution in [3.8, 4) is 0 Å². The average Bonchev–Trinajstić information content (AvgIpc) is 2.53. The minimum Gasteiger partial charge on any atom is -0.392 e. The maximum Gasteiger partial charge on any atom is 0.241 e. The fourth-order valence-corrected chi connectivity index (χ4v) is 1.97. The zero-order valence-corrected chi connectivity index (χ0v) is 12.0. The van der Waals surface area contributed by atoms with Crippen molar-refractivity contribution in [3.05, 3.63) is 65.7 Å². The van der Waals surface area contributed by atoms with Gasteiger partial charge in [0, 0.05) is 12.2 Å². The molecular weight excluding hydrogens is 264 g/mol. The van der Waals surface area contributed by atoms with Gasteiger partial charge in [-0.1, -0.05) is 42.5 Å². The molecule has 4 nitrogen and oxygen atoms in total. The molecule has 4 heteroatoms. The predicted molar refractivity (Wildman–Crippen MR) is 83.7 cm³/mol. The first kappa shape index (κ1) is 15.2. The molecule has 0 aliphatic rings. The Balaban J connectivity index is 1.86. The largest absolute Gasteiger partial charge is 0.392 e. The van der Waals surface area contributed by atoms with Crippen LogP contribution in [0.5, 0.6) is 0 Å². The summed E-state index contributed by atoms with van der Waals surface area (Å²) in [6, 6.07) is 16.7. The third kappa shape index (κ3) is 4.70. The van der Waals surface area contributed by atoms with Gasteiger partial charge in [-0.3, -0.25) is 4.79 Å². The number of para-hydroxylation sites is 1. The Bertz CT molecular complexity index is 584. The van der Waals surface area contributed by atoms with Crippen molar-refractivity contribution in [2.75, 3.05) is 5.32 Å². The van der Waals surface area contributed by atoms with Crippen molar-refractivity contribution >= 4 is 11.6 Å². The van der Waals surface area contributed by atoms with E-state index in [4.69, 9.17) is 5.11 Å². The summed E-state index contributed by atoms with van der Waals surface area (Å²) in [5, 5.41) is 15.1. The van der Waals surface area contributed by atoms with Gasteiger partial charge in [-0.25, -0.2) is 0 Å². The monoisotopic (exact) mass is 284 g/mol. The van der Waals surface area contributed by atoms with Crippen LogP contribution in [0.4, 0.5) is 5.69 Å². The van der Waals surface area contributed by atoms with Gasteiger partial charge in [0.25, 0.3) is 0 Å². The van der Waals surface area contributed by atoms with Gasteiger partial charge in [-0.2, -0.15) is 0 Å². The molecule has 1 atom stereocenters. The lowest BCUT2D eigenvalue weighted by atomic mass is 10.1. The summed E-state index contributed by atoms with van der Waals surface area (Å²) in [6.45, 7) is 2.43. The van der Waals surface area contributed by atoms with E-state index in [-0.39, 0.29) is 18.6 Å². The molecule has 2 aromatic rings. The van der Waals surface area contributed by atoms with Gasteiger partial charge >= 0.3 is 0 Å². The maximum atomic E-state index is 12.0. The van der Waals surface area contributed by atoms with Crippen molar-refractivity contribution < 1.29 is 9.90 Å². The molecule has 2 rings (SSSR count). The Morgan fingerprint density at radius 3 is 2.52 bits per heavy atom. The van der Waals surface area contributed by atoms with Crippen LogP contribution in [-0.4, -0.2) is 17.1 Å². The van der Waals surface area contributed by atoms with Gasteiger partial charge in [0.15, 0.2) is 0 Å². The lowest BCUT2D eigenvalue weighted by Gasteiger charge is -2.14. The number of hydrogen-bond donors (Lipinski definition) is 3. The van der Waals surface area contributed by atoms with Crippen LogP contribution in [-0.2, 0) is 17.9 Å². The number of anilines is 1. The van der Waals surface area contributed by atoms with E-state index in [1.807, 2.05) is 61.5 Å². The Hall–Kier alpha value is -2.17. The minimum absolute atomic E-state index is 0.0257. The number of nitrogens with one attached hydrogen (secondary N) is 2. The van der Waals surface area contributed by atoms with Gasteiger partial charge in [0.1, 0.15) is 0 Å². The molecule has 3 N–H and O–H groups in total. The van der Waals surface area contributed by atoms with E-state index in [1.165, 1.54) is 0 Å². The number of hydrogen-bond acceptors (Lipinski definition) is 3. The molecule has 0 spiro atoms. The molecule has 0 radical (unpaired) electrons. The smallest absolute Gasteiger partial charge is 0.241 e. The Morgan fingerprint density at radius 1 is 1.10 bits per heavy atom. The molecule has 0 bridgehead atoms. The van der Waals surface area contributed by atoms with E-state index >= 15 is 0 Å². The Labute approximate surface area is 124 Å². The maximum absolute atomic E-state index is 12.0. The molecule has 21 heavy (non-hydrogen) atoms. The molecule has 0 aliphatic heterocycles. The average molecular weight is 284 g/mol. The quantitative estimate of drug-likeness (QED) is 0.762. The molecular formula is C17H20N2O2. The standard InChI is InChI=1S/C17H20N2O2/c1-13(17(21)19-16-8-3-2-4-9-16)18-11-14-6-5-7-15(10-14)12-20/h2-10,13,18,20H,11-12H2,1H3,(H,19,21). The van der Waals surface area contributed by atoms with E-state index < -0.39 is 0 Å². The van der Waals surface area contributed by atoms with Gasteiger partial charge < -0.3 is 15.7 Å². The van der Waals surface area contributed by atoms with Gasteiger partial charge in [0.2, 0.25) is 5.91 Å². The zero-order chi connectivity index (χ0) is 15.1. The molecule has 0 aliphatic carbocycles. The molecule has 0 fully saturated rings. The van der Waals surface area contributed by atoms with Crippen molar-refractivity contribution in [3.63, 3.8) is 0 Å². The fourth-order valence-electron chi connectivity index (χ4n) is 1.97. The first-order chi connectivity index (χ1) is 10.2. The number of aliphatic hydroxyl groups excluding tert-OH is 1. The predicted octanol–water partition coefficient (Wildman–Crippen LogP) is 2.30. The van der Waals surface area contributed by atoms with Crippen molar-refractivity contribution in [2.45, 2.75) is 26.1 Å². The van der Waals surface area contributed by atoms with E-state index in [1.54, 1.807) is 0 Å². The highest BCUT2D eigenvalue weighted by atomic mass is 16.3. The third-order valence-corrected chi connectivity index (χ3v) is 3.22. The molecule has 110 valence electrons. The van der Waals surface area contributed by atoms with Crippen LogP contribution >= 0.6 is 0 Å². The van der Waals surface area contributed by atoms with Crippen LogP contribution in [0.25, 0.3) is 0 Å². The van der Waals surface area contributed by atoms with Crippen LogP contribution < -0.4 is 10.6 Å². The number of carbonyl (C=O) groups is 1. The summed E-state index contributed by atoms with van der Waals surface area (Å²) in [5.74, 6) is -0.0699. The van der Waals surface area contributed by atoms with E-state index in [2.05, 4.69) is 10.6 Å². The fraction of sp³-hybridized carbons (Fsp3) is 0.235. The van der Waals surface area contributed by atoms with Crippen LogP contribution in [0.2, 0.25) is 0 Å². The highest BCUT2D eigenvalue weighted by Gasteiger charge is 2.12. The van der Waals surface area contributed by atoms with Crippen LogP contribution in [0.3, 0.4) is 0 Å². The summed E-state index contributed by atoms with van der Waals surface area (Å²) in [5.41, 5.74) is 2.70. The number of amides is 1. The van der Waals surface area contributed by atoms with Crippen molar-refractivity contribution in [2.24, 2.45) is 0 Å². The van der Waals surface area contributed by atoms with Crippen LogP contribution in [0, 0.1) is 0 Å². The molecule has 0 saturated heterocycles. The zero-order valence-electron chi connectivity index (χ0n) is 12.0. The second-order valence-electron chi connectivity index (χ2n) is 4.94. The minimum atomic E-state index is -0.303. The summed E-state index contributed by atoms with van der Waals surface area (Å²) in [4.78, 5) is 12.0. The molecule has 1 unspecified atom stereocenters. The highest BCUT2D eigenvalue weighted by molar-refractivity contribution is 5.94. The van der Waals surface area contributed by atoms with Crippen molar-refractivity contribution in [1.82, 2.24) is 5.32 Å². The Kier molecular flexibility index (Phi) is 5.49. The second kappa shape index (κ2) is 7.57. The Morgan fingerprint density at radius 2 is 1.81 bits per heavy atom. The van der Waals surface area contributed by atoms with Crippen molar-refractivity contribution in [1.29, 1.82) is 0 Å². The lowest BCUT2D eigenvalue weighted by Crippen LogP contribution is -2.37. The first-order valence-corrected chi connectivity index (χ1v) is 6.97. The van der Waals surface area contributed by atoms with E-state index in [0.29, 0.717) is 6.54 Å². The van der Waals surface area contributed by atoms with Gasteiger partial charge in [0.05, 0.1) is 12.6 Å². The van der Waals surface area contributed by atoms with Crippen LogP contribution in [0.1, 0.15) is 18.1 Å². The second-order valence-corrected chi connectivity index (χ2v) is 4.94. The molecule has 0 saturated carbocycles. The summed E-state index contributed by atoms with van der Waals surface area (Å²) < 4.78 is 0. The number of aliphatic hydroxyl groups is 1. The number of rotatable bonds is 6. The van der Waals surface area contributed by atoms with E-state index in [9.17, 15) is 4.79 Å². The van der Waals surface area contributed by atoms with Gasteiger partial charge in [-0.05, 0) is 30.2 Å². The molecule has 0 aromatic heterocycles. The molecule has 2 aromatic carbocycles. The lowest BCUT2D eigenvalue weighted by molar-refractivity contribution is -0.117. The molecule has 1 amide bonds. The summed E-state index contributed by atoms with van der Waals surface area (Å²) >= 11 is 0. The van der Waals surface area contributed by atoms with E-state index in [0.717, 1.165) is 16.8 Å². The number of carbonyl (C=O) groups excluding carboxylic acids is 1. The summed E-state index contributed by atoms with van der Waals surface area (Å²) in [6.07, 6.45) is 0. The molecule has 0 heterocycles.